The fraction of sp³-hybridized carbons (Fsp3) is 0.353. The molecule has 0 aliphatic rings. The predicted octanol–water partition coefficient (Wildman–Crippen LogP) is 3.17. The number of hydrogen-bond acceptors (Lipinski definition) is 2. The lowest BCUT2D eigenvalue weighted by Crippen LogP contribution is -2.13. The Morgan fingerprint density at radius 1 is 1.33 bits per heavy atom. The highest BCUT2D eigenvalue weighted by atomic mass is 16.1. The van der Waals surface area contributed by atoms with E-state index in [2.05, 4.69) is 23.7 Å². The quantitative estimate of drug-likeness (QED) is 0.906. The maximum absolute atomic E-state index is 12.5. The summed E-state index contributed by atoms with van der Waals surface area (Å²) in [6.07, 6.45) is 0. The lowest BCUT2D eigenvalue weighted by Gasteiger charge is -2.08. The average molecular weight is 285 g/mol. The van der Waals surface area contributed by atoms with E-state index in [9.17, 15) is 4.79 Å². The SMILES string of the molecule is Cc1c(C(=O)Nc2cccc(CN)c2)cc(C(C)C)n1C. The van der Waals surface area contributed by atoms with Crippen LogP contribution in [0.25, 0.3) is 0 Å². The second kappa shape index (κ2) is 6.14. The zero-order valence-electron chi connectivity index (χ0n) is 13.1. The van der Waals surface area contributed by atoms with Crippen molar-refractivity contribution in [2.75, 3.05) is 5.32 Å². The maximum Gasteiger partial charge on any atom is 0.257 e. The first kappa shape index (κ1) is 15.3. The topological polar surface area (TPSA) is 60.1 Å². The number of anilines is 1. The molecule has 4 heteroatoms. The van der Waals surface area contributed by atoms with Crippen molar-refractivity contribution >= 4 is 11.6 Å². The molecule has 0 bridgehead atoms. The third kappa shape index (κ3) is 3.16. The first-order chi connectivity index (χ1) is 9.93. The van der Waals surface area contributed by atoms with Gasteiger partial charge in [0, 0.05) is 30.7 Å². The monoisotopic (exact) mass is 285 g/mol. The molecule has 1 aromatic heterocycles. The van der Waals surface area contributed by atoms with Crippen LogP contribution in [0.3, 0.4) is 0 Å². The highest BCUT2D eigenvalue weighted by Crippen LogP contribution is 2.22. The van der Waals surface area contributed by atoms with E-state index in [1.54, 1.807) is 0 Å². The van der Waals surface area contributed by atoms with E-state index in [1.807, 2.05) is 44.3 Å². The number of nitrogens with one attached hydrogen (secondary N) is 1. The summed E-state index contributed by atoms with van der Waals surface area (Å²) in [6.45, 7) is 6.69. The highest BCUT2D eigenvalue weighted by Gasteiger charge is 2.17. The summed E-state index contributed by atoms with van der Waals surface area (Å²) < 4.78 is 2.08. The molecule has 112 valence electrons. The van der Waals surface area contributed by atoms with Crippen molar-refractivity contribution in [1.82, 2.24) is 4.57 Å². The first-order valence-electron chi connectivity index (χ1n) is 7.20. The lowest BCUT2D eigenvalue weighted by atomic mass is 10.1. The normalized spacial score (nSPS) is 11.0. The Morgan fingerprint density at radius 2 is 2.05 bits per heavy atom. The van der Waals surface area contributed by atoms with Crippen molar-refractivity contribution in [2.45, 2.75) is 33.2 Å². The number of aromatic nitrogens is 1. The Hall–Kier alpha value is -2.07. The number of nitrogens with two attached hydrogens (primary N) is 1. The standard InChI is InChI=1S/C17H23N3O/c1-11(2)16-9-15(12(3)20(16)4)17(21)19-14-7-5-6-13(8-14)10-18/h5-9,11H,10,18H2,1-4H3,(H,19,21). The molecule has 1 amide bonds. The molecule has 0 unspecified atom stereocenters. The van der Waals surface area contributed by atoms with Gasteiger partial charge in [0.1, 0.15) is 0 Å². The van der Waals surface area contributed by atoms with Gasteiger partial charge >= 0.3 is 0 Å². The van der Waals surface area contributed by atoms with Crippen molar-refractivity contribution in [2.24, 2.45) is 12.8 Å². The van der Waals surface area contributed by atoms with Gasteiger partial charge in [-0.15, -0.1) is 0 Å². The molecule has 0 aliphatic carbocycles. The summed E-state index contributed by atoms with van der Waals surface area (Å²) in [4.78, 5) is 12.5. The minimum Gasteiger partial charge on any atom is -0.351 e. The number of nitrogens with zero attached hydrogens (tertiary/aromatic N) is 1. The second-order valence-corrected chi connectivity index (χ2v) is 5.64. The number of hydrogen-bond donors (Lipinski definition) is 2. The lowest BCUT2D eigenvalue weighted by molar-refractivity contribution is 0.102. The molecule has 2 aromatic rings. The number of carbonyl (C=O) groups excluding carboxylic acids is 1. The highest BCUT2D eigenvalue weighted by molar-refractivity contribution is 6.05. The van der Waals surface area contributed by atoms with Crippen molar-refractivity contribution in [3.05, 3.63) is 52.8 Å². The smallest absolute Gasteiger partial charge is 0.257 e. The predicted molar refractivity (Wildman–Crippen MR) is 86.5 cm³/mol. The van der Waals surface area contributed by atoms with Crippen LogP contribution in [0.1, 0.15) is 47.1 Å². The van der Waals surface area contributed by atoms with Gasteiger partial charge in [-0.05, 0) is 36.6 Å². The van der Waals surface area contributed by atoms with Crippen LogP contribution in [0.15, 0.2) is 30.3 Å². The molecule has 0 atom stereocenters. The summed E-state index contributed by atoms with van der Waals surface area (Å²) in [7, 11) is 2.00. The van der Waals surface area contributed by atoms with Crippen LogP contribution in [-0.4, -0.2) is 10.5 Å². The van der Waals surface area contributed by atoms with E-state index in [0.29, 0.717) is 12.5 Å². The van der Waals surface area contributed by atoms with Gasteiger partial charge in [-0.25, -0.2) is 0 Å². The molecule has 2 rings (SSSR count). The third-order valence-corrected chi connectivity index (χ3v) is 3.83. The van der Waals surface area contributed by atoms with Gasteiger partial charge in [0.2, 0.25) is 0 Å². The van der Waals surface area contributed by atoms with Gasteiger partial charge in [0.15, 0.2) is 0 Å². The molecule has 1 heterocycles. The van der Waals surface area contributed by atoms with Crippen LogP contribution in [0, 0.1) is 6.92 Å². The van der Waals surface area contributed by atoms with Gasteiger partial charge in [-0.1, -0.05) is 26.0 Å². The van der Waals surface area contributed by atoms with Crippen LogP contribution in [-0.2, 0) is 13.6 Å². The molecule has 0 fully saturated rings. The summed E-state index contributed by atoms with van der Waals surface area (Å²) in [5, 5.41) is 2.95. The fourth-order valence-electron chi connectivity index (χ4n) is 2.48. The molecule has 1 aromatic carbocycles. The minimum atomic E-state index is -0.0795. The maximum atomic E-state index is 12.5. The second-order valence-electron chi connectivity index (χ2n) is 5.64. The zero-order valence-corrected chi connectivity index (χ0v) is 13.1. The van der Waals surface area contributed by atoms with Gasteiger partial charge in [0.25, 0.3) is 5.91 Å². The van der Waals surface area contributed by atoms with E-state index < -0.39 is 0 Å². The molecule has 21 heavy (non-hydrogen) atoms. The van der Waals surface area contributed by atoms with Gasteiger partial charge in [-0.2, -0.15) is 0 Å². The minimum absolute atomic E-state index is 0.0795. The van der Waals surface area contributed by atoms with Gasteiger partial charge < -0.3 is 15.6 Å². The average Bonchev–Trinajstić information content (AvgIpc) is 2.76. The Morgan fingerprint density at radius 3 is 2.62 bits per heavy atom. The summed E-state index contributed by atoms with van der Waals surface area (Å²) in [5.74, 6) is 0.306. The molecular weight excluding hydrogens is 262 g/mol. The van der Waals surface area contributed by atoms with Crippen LogP contribution in [0.5, 0.6) is 0 Å². The van der Waals surface area contributed by atoms with Crippen LogP contribution in [0.2, 0.25) is 0 Å². The van der Waals surface area contributed by atoms with Gasteiger partial charge in [0.05, 0.1) is 5.56 Å². The zero-order chi connectivity index (χ0) is 15.6. The van der Waals surface area contributed by atoms with Crippen LogP contribution >= 0.6 is 0 Å². The van der Waals surface area contributed by atoms with Crippen molar-refractivity contribution in [3.8, 4) is 0 Å². The molecule has 0 spiro atoms. The Kier molecular flexibility index (Phi) is 4.48. The molecule has 0 saturated carbocycles. The summed E-state index contributed by atoms with van der Waals surface area (Å²) in [6, 6.07) is 9.59. The van der Waals surface area contributed by atoms with Crippen LogP contribution < -0.4 is 11.1 Å². The summed E-state index contributed by atoms with van der Waals surface area (Å²) in [5.41, 5.74) is 10.3. The molecular formula is C17H23N3O. The third-order valence-electron chi connectivity index (χ3n) is 3.83. The van der Waals surface area contributed by atoms with Crippen molar-refractivity contribution in [3.63, 3.8) is 0 Å². The van der Waals surface area contributed by atoms with E-state index in [1.165, 1.54) is 0 Å². The Bertz CT molecular complexity index is 656. The number of benzene rings is 1. The molecule has 0 aliphatic heterocycles. The van der Waals surface area contributed by atoms with Crippen molar-refractivity contribution in [1.29, 1.82) is 0 Å². The number of carbonyl (C=O) groups is 1. The van der Waals surface area contributed by atoms with Crippen LogP contribution in [0.4, 0.5) is 5.69 Å². The largest absolute Gasteiger partial charge is 0.351 e. The Balaban J connectivity index is 2.26. The molecule has 4 nitrogen and oxygen atoms in total. The first-order valence-corrected chi connectivity index (χ1v) is 7.20. The van der Waals surface area contributed by atoms with E-state index in [4.69, 9.17) is 5.73 Å². The summed E-state index contributed by atoms with van der Waals surface area (Å²) >= 11 is 0. The Labute approximate surface area is 126 Å². The van der Waals surface area contributed by atoms with Gasteiger partial charge in [-0.3, -0.25) is 4.79 Å². The fourth-order valence-corrected chi connectivity index (χ4v) is 2.48. The molecule has 3 N–H and O–H groups in total. The molecule has 0 radical (unpaired) electrons. The van der Waals surface area contributed by atoms with E-state index >= 15 is 0 Å². The van der Waals surface area contributed by atoms with E-state index in [0.717, 1.165) is 28.2 Å². The van der Waals surface area contributed by atoms with Crippen molar-refractivity contribution < 1.29 is 4.79 Å². The van der Waals surface area contributed by atoms with E-state index in [-0.39, 0.29) is 5.91 Å². The number of amides is 1. The number of rotatable bonds is 4. The molecule has 0 saturated heterocycles.